The van der Waals surface area contributed by atoms with E-state index < -0.39 is 0 Å². The first-order chi connectivity index (χ1) is 5.61. The van der Waals surface area contributed by atoms with E-state index in [1.807, 2.05) is 0 Å². The maximum Gasteiger partial charge on any atom is -0.00151 e. The number of rotatable bonds is 0. The molecule has 1 N–H and O–H groups in total. The maximum absolute atomic E-state index is 3.52. The summed E-state index contributed by atoms with van der Waals surface area (Å²) in [6.07, 6.45) is 2.87. The highest BCUT2D eigenvalue weighted by Crippen LogP contribution is 2.51. The lowest BCUT2D eigenvalue weighted by Crippen LogP contribution is -2.36. The minimum absolute atomic E-state index is 0.599. The summed E-state index contributed by atoms with van der Waals surface area (Å²) in [7, 11) is 0. The Bertz CT molecular complexity index is 174. The third-order valence-electron chi connectivity index (χ3n) is 4.34. The van der Waals surface area contributed by atoms with Crippen LogP contribution in [0.2, 0.25) is 0 Å². The highest BCUT2D eigenvalue weighted by molar-refractivity contribution is 4.96. The molecule has 0 bridgehead atoms. The van der Waals surface area contributed by atoms with Crippen LogP contribution in [0.15, 0.2) is 0 Å². The molecular weight excluding hydrogens is 146 g/mol. The summed E-state index contributed by atoms with van der Waals surface area (Å²) in [6, 6.07) is 0. The highest BCUT2D eigenvalue weighted by atomic mass is 14.9. The van der Waals surface area contributed by atoms with Gasteiger partial charge in [-0.05, 0) is 49.1 Å². The van der Waals surface area contributed by atoms with Gasteiger partial charge in [0.1, 0.15) is 0 Å². The van der Waals surface area contributed by atoms with E-state index >= 15 is 0 Å². The van der Waals surface area contributed by atoms with E-state index in [-0.39, 0.29) is 0 Å². The molecule has 1 nitrogen and oxygen atoms in total. The van der Waals surface area contributed by atoms with Gasteiger partial charge >= 0.3 is 0 Å². The summed E-state index contributed by atoms with van der Waals surface area (Å²) >= 11 is 0. The van der Waals surface area contributed by atoms with Gasteiger partial charge in [-0.1, -0.05) is 20.8 Å². The molecule has 1 saturated carbocycles. The van der Waals surface area contributed by atoms with E-state index in [1.54, 1.807) is 0 Å². The molecule has 12 heavy (non-hydrogen) atoms. The largest absolute Gasteiger partial charge is 0.316 e. The Labute approximate surface area is 75.9 Å². The second-order valence-corrected chi connectivity index (χ2v) is 5.40. The molecule has 2 rings (SSSR count). The van der Waals surface area contributed by atoms with Gasteiger partial charge in [0.15, 0.2) is 0 Å². The van der Waals surface area contributed by atoms with Crippen LogP contribution >= 0.6 is 0 Å². The molecule has 3 atom stereocenters. The zero-order valence-electron chi connectivity index (χ0n) is 8.56. The van der Waals surface area contributed by atoms with Crippen molar-refractivity contribution < 1.29 is 0 Å². The molecule has 0 aromatic carbocycles. The van der Waals surface area contributed by atoms with E-state index in [1.165, 1.54) is 25.9 Å². The maximum atomic E-state index is 3.52. The molecule has 1 aliphatic heterocycles. The molecule has 1 aliphatic carbocycles. The van der Waals surface area contributed by atoms with Crippen molar-refractivity contribution in [2.75, 3.05) is 13.1 Å². The SMILES string of the molecule is C[C@H]1C2CNCCC2CC1(C)C. The summed E-state index contributed by atoms with van der Waals surface area (Å²) < 4.78 is 0. The van der Waals surface area contributed by atoms with E-state index in [2.05, 4.69) is 26.1 Å². The summed E-state index contributed by atoms with van der Waals surface area (Å²) in [5.74, 6) is 2.90. The van der Waals surface area contributed by atoms with Crippen molar-refractivity contribution in [3.63, 3.8) is 0 Å². The smallest absolute Gasteiger partial charge is 0.00151 e. The van der Waals surface area contributed by atoms with Crippen LogP contribution in [-0.2, 0) is 0 Å². The van der Waals surface area contributed by atoms with Crippen LogP contribution < -0.4 is 5.32 Å². The molecular formula is C11H21N. The molecule has 2 aliphatic rings. The molecule has 0 spiro atoms. The number of nitrogens with one attached hydrogen (secondary N) is 1. The third-order valence-corrected chi connectivity index (χ3v) is 4.34. The molecule has 0 aromatic rings. The minimum atomic E-state index is 0.599. The van der Waals surface area contributed by atoms with Crippen molar-refractivity contribution >= 4 is 0 Å². The molecule has 0 aromatic heterocycles. The van der Waals surface area contributed by atoms with E-state index in [4.69, 9.17) is 0 Å². The number of hydrogen-bond donors (Lipinski definition) is 1. The molecule has 1 heteroatoms. The van der Waals surface area contributed by atoms with Crippen LogP contribution in [0.4, 0.5) is 0 Å². The predicted molar refractivity (Wildman–Crippen MR) is 52.0 cm³/mol. The van der Waals surface area contributed by atoms with Crippen molar-refractivity contribution in [3.05, 3.63) is 0 Å². The molecule has 1 heterocycles. The second-order valence-electron chi connectivity index (χ2n) is 5.40. The van der Waals surface area contributed by atoms with Crippen LogP contribution in [0.5, 0.6) is 0 Å². The number of fused-ring (bicyclic) bond motifs is 1. The van der Waals surface area contributed by atoms with Crippen molar-refractivity contribution in [2.45, 2.75) is 33.6 Å². The average molecular weight is 167 g/mol. The molecule has 70 valence electrons. The van der Waals surface area contributed by atoms with Gasteiger partial charge in [-0.2, -0.15) is 0 Å². The average Bonchev–Trinajstić information content (AvgIpc) is 2.24. The monoisotopic (exact) mass is 167 g/mol. The summed E-state index contributed by atoms with van der Waals surface area (Å²) in [5, 5.41) is 3.52. The Hall–Kier alpha value is -0.0400. The Morgan fingerprint density at radius 1 is 1.33 bits per heavy atom. The van der Waals surface area contributed by atoms with E-state index in [0.29, 0.717) is 5.41 Å². The quantitative estimate of drug-likeness (QED) is 0.583. The van der Waals surface area contributed by atoms with Crippen LogP contribution in [0.1, 0.15) is 33.6 Å². The van der Waals surface area contributed by atoms with Gasteiger partial charge in [0, 0.05) is 0 Å². The first-order valence-corrected chi connectivity index (χ1v) is 5.32. The van der Waals surface area contributed by atoms with Crippen LogP contribution in [-0.4, -0.2) is 13.1 Å². The van der Waals surface area contributed by atoms with Crippen molar-refractivity contribution in [1.82, 2.24) is 5.32 Å². The standard InChI is InChI=1S/C11H21N/c1-8-10-7-12-5-4-9(10)6-11(8,2)3/h8-10,12H,4-7H2,1-3H3/t8-,9?,10?/m0/s1. The van der Waals surface area contributed by atoms with Crippen LogP contribution in [0.3, 0.4) is 0 Å². The summed E-state index contributed by atoms with van der Waals surface area (Å²) in [4.78, 5) is 0. The molecule has 2 unspecified atom stereocenters. The lowest BCUT2D eigenvalue weighted by atomic mass is 9.79. The summed E-state index contributed by atoms with van der Waals surface area (Å²) in [5.41, 5.74) is 0.599. The zero-order chi connectivity index (χ0) is 8.77. The summed E-state index contributed by atoms with van der Waals surface area (Å²) in [6.45, 7) is 9.85. The van der Waals surface area contributed by atoms with Gasteiger partial charge in [-0.3, -0.25) is 0 Å². The Kier molecular flexibility index (Phi) is 1.95. The fourth-order valence-electron chi connectivity index (χ4n) is 3.22. The van der Waals surface area contributed by atoms with E-state index in [9.17, 15) is 0 Å². The Morgan fingerprint density at radius 2 is 2.08 bits per heavy atom. The highest BCUT2D eigenvalue weighted by Gasteiger charge is 2.45. The first-order valence-electron chi connectivity index (χ1n) is 5.32. The lowest BCUT2D eigenvalue weighted by Gasteiger charge is -2.30. The van der Waals surface area contributed by atoms with Crippen molar-refractivity contribution in [2.24, 2.45) is 23.2 Å². The number of hydrogen-bond acceptors (Lipinski definition) is 1. The molecule has 0 radical (unpaired) electrons. The van der Waals surface area contributed by atoms with Gasteiger partial charge in [0.2, 0.25) is 0 Å². The number of piperidine rings is 1. The second kappa shape index (κ2) is 2.73. The zero-order valence-corrected chi connectivity index (χ0v) is 8.56. The molecule has 1 saturated heterocycles. The van der Waals surface area contributed by atoms with Gasteiger partial charge in [0.25, 0.3) is 0 Å². The first kappa shape index (κ1) is 8.55. The molecule has 2 fully saturated rings. The fraction of sp³-hybridized carbons (Fsp3) is 1.00. The van der Waals surface area contributed by atoms with Crippen molar-refractivity contribution in [1.29, 1.82) is 0 Å². The Balaban J connectivity index is 2.13. The van der Waals surface area contributed by atoms with Crippen molar-refractivity contribution in [3.8, 4) is 0 Å². The van der Waals surface area contributed by atoms with Crippen LogP contribution in [0, 0.1) is 23.2 Å². The Morgan fingerprint density at radius 3 is 2.75 bits per heavy atom. The van der Waals surface area contributed by atoms with Gasteiger partial charge in [-0.15, -0.1) is 0 Å². The topological polar surface area (TPSA) is 12.0 Å². The van der Waals surface area contributed by atoms with E-state index in [0.717, 1.165) is 17.8 Å². The predicted octanol–water partition coefficient (Wildman–Crippen LogP) is 2.28. The van der Waals surface area contributed by atoms with Gasteiger partial charge in [-0.25, -0.2) is 0 Å². The fourth-order valence-corrected chi connectivity index (χ4v) is 3.22. The normalized spacial score (nSPS) is 45.8. The van der Waals surface area contributed by atoms with Crippen LogP contribution in [0.25, 0.3) is 0 Å². The minimum Gasteiger partial charge on any atom is -0.316 e. The molecule has 0 amide bonds. The lowest BCUT2D eigenvalue weighted by molar-refractivity contribution is 0.217. The third kappa shape index (κ3) is 1.19. The van der Waals surface area contributed by atoms with Gasteiger partial charge < -0.3 is 5.32 Å². The van der Waals surface area contributed by atoms with Gasteiger partial charge in [0.05, 0.1) is 0 Å².